The van der Waals surface area contributed by atoms with Gasteiger partial charge in [0.1, 0.15) is 0 Å². The Morgan fingerprint density at radius 1 is 1.23 bits per heavy atom. The predicted octanol–water partition coefficient (Wildman–Crippen LogP) is 2.25. The Balaban J connectivity index is 2.13. The second kappa shape index (κ2) is 7.35. The summed E-state index contributed by atoms with van der Waals surface area (Å²) in [5.74, 6) is 0.822. The molecule has 116 valence electrons. The Labute approximate surface area is 129 Å². The van der Waals surface area contributed by atoms with E-state index < -0.39 is 0 Å². The Bertz CT molecular complexity index is 626. The molecule has 7 nitrogen and oxygen atoms in total. The summed E-state index contributed by atoms with van der Waals surface area (Å²) in [4.78, 5) is 17.8. The van der Waals surface area contributed by atoms with Crippen LogP contribution in [-0.4, -0.2) is 41.3 Å². The van der Waals surface area contributed by atoms with Crippen LogP contribution in [0.4, 0.5) is 17.5 Å². The van der Waals surface area contributed by atoms with Crippen LogP contribution >= 0.6 is 0 Å². The second-order valence-electron chi connectivity index (χ2n) is 4.51. The zero-order chi connectivity index (χ0) is 15.9. The molecule has 2 rings (SSSR count). The van der Waals surface area contributed by atoms with Crippen LogP contribution in [0, 0.1) is 0 Å². The van der Waals surface area contributed by atoms with Crippen LogP contribution in [0.5, 0.6) is 0 Å². The molecule has 0 saturated heterocycles. The maximum absolute atomic E-state index is 11.4. The fraction of sp³-hybridized carbons (Fsp3) is 0.333. The quantitative estimate of drug-likeness (QED) is 0.819. The van der Waals surface area contributed by atoms with Gasteiger partial charge in [0, 0.05) is 18.8 Å². The number of anilines is 3. The zero-order valence-electron chi connectivity index (χ0n) is 12.9. The Kier molecular flexibility index (Phi) is 5.24. The van der Waals surface area contributed by atoms with E-state index in [4.69, 9.17) is 0 Å². The molecule has 1 N–H and O–H groups in total. The van der Waals surface area contributed by atoms with Crippen molar-refractivity contribution >= 4 is 23.4 Å². The first-order chi connectivity index (χ1) is 10.7. The number of ether oxygens (including phenoxy) is 1. The fourth-order valence-electron chi connectivity index (χ4n) is 1.95. The summed E-state index contributed by atoms with van der Waals surface area (Å²) < 4.78 is 4.67. The van der Waals surface area contributed by atoms with Crippen molar-refractivity contribution in [3.05, 3.63) is 36.0 Å². The van der Waals surface area contributed by atoms with Crippen LogP contribution in [0.2, 0.25) is 0 Å². The van der Waals surface area contributed by atoms with Gasteiger partial charge in [-0.3, -0.25) is 0 Å². The highest BCUT2D eigenvalue weighted by atomic mass is 16.5. The van der Waals surface area contributed by atoms with Crippen LogP contribution in [0.1, 0.15) is 24.2 Å². The lowest BCUT2D eigenvalue weighted by atomic mass is 10.2. The monoisotopic (exact) mass is 301 g/mol. The first-order valence-corrected chi connectivity index (χ1v) is 7.08. The summed E-state index contributed by atoms with van der Waals surface area (Å²) >= 11 is 0. The minimum atomic E-state index is -0.362. The standard InChI is InChI=1S/C15H19N5O2/c1-4-20(5-2)15-18-13(10-16-19-15)17-12-8-6-11(7-9-12)14(21)22-3/h6-10H,4-5H2,1-3H3,(H,17,18,19). The molecule has 0 spiro atoms. The van der Waals surface area contributed by atoms with Crippen molar-refractivity contribution in [1.29, 1.82) is 0 Å². The normalized spacial score (nSPS) is 10.1. The Hall–Kier alpha value is -2.70. The fourth-order valence-corrected chi connectivity index (χ4v) is 1.95. The maximum Gasteiger partial charge on any atom is 0.337 e. The molecule has 7 heteroatoms. The van der Waals surface area contributed by atoms with Crippen molar-refractivity contribution in [1.82, 2.24) is 15.2 Å². The number of nitrogens with zero attached hydrogens (tertiary/aromatic N) is 4. The van der Waals surface area contributed by atoms with E-state index in [9.17, 15) is 4.79 Å². The molecule has 22 heavy (non-hydrogen) atoms. The first kappa shape index (κ1) is 15.7. The topological polar surface area (TPSA) is 80.2 Å². The summed E-state index contributed by atoms with van der Waals surface area (Å²) in [7, 11) is 1.36. The molecule has 0 radical (unpaired) electrons. The van der Waals surface area contributed by atoms with Gasteiger partial charge in [0.2, 0.25) is 5.95 Å². The lowest BCUT2D eigenvalue weighted by Crippen LogP contribution is -2.24. The van der Waals surface area contributed by atoms with E-state index in [0.29, 0.717) is 17.3 Å². The van der Waals surface area contributed by atoms with Crippen LogP contribution in [0.25, 0.3) is 0 Å². The number of carbonyl (C=O) groups is 1. The highest BCUT2D eigenvalue weighted by molar-refractivity contribution is 5.89. The molecular weight excluding hydrogens is 282 g/mol. The van der Waals surface area contributed by atoms with E-state index in [0.717, 1.165) is 18.8 Å². The predicted molar refractivity (Wildman–Crippen MR) is 84.5 cm³/mol. The van der Waals surface area contributed by atoms with Crippen molar-refractivity contribution in [3.8, 4) is 0 Å². The molecule has 0 saturated carbocycles. The van der Waals surface area contributed by atoms with Gasteiger partial charge in [-0.05, 0) is 38.1 Å². The number of rotatable bonds is 6. The van der Waals surface area contributed by atoms with Gasteiger partial charge in [-0.2, -0.15) is 10.1 Å². The highest BCUT2D eigenvalue weighted by Gasteiger charge is 2.08. The molecule has 1 aromatic heterocycles. The molecule has 1 heterocycles. The highest BCUT2D eigenvalue weighted by Crippen LogP contribution is 2.16. The first-order valence-electron chi connectivity index (χ1n) is 7.08. The van der Waals surface area contributed by atoms with Gasteiger partial charge in [0.05, 0.1) is 18.9 Å². The van der Waals surface area contributed by atoms with Crippen LogP contribution in [-0.2, 0) is 4.74 Å². The largest absolute Gasteiger partial charge is 0.465 e. The van der Waals surface area contributed by atoms with Gasteiger partial charge in [0.25, 0.3) is 0 Å². The molecule has 0 atom stereocenters. The minimum absolute atomic E-state index is 0.362. The van der Waals surface area contributed by atoms with Gasteiger partial charge in [0.15, 0.2) is 5.82 Å². The van der Waals surface area contributed by atoms with Gasteiger partial charge in [-0.25, -0.2) is 4.79 Å². The molecule has 0 amide bonds. The molecule has 0 bridgehead atoms. The molecule has 2 aromatic rings. The molecule has 0 aliphatic rings. The third-order valence-corrected chi connectivity index (χ3v) is 3.17. The van der Waals surface area contributed by atoms with E-state index in [1.807, 2.05) is 18.7 Å². The van der Waals surface area contributed by atoms with Crippen LogP contribution in [0.3, 0.4) is 0 Å². The van der Waals surface area contributed by atoms with Gasteiger partial charge in [-0.15, -0.1) is 5.10 Å². The second-order valence-corrected chi connectivity index (χ2v) is 4.51. The molecule has 0 aliphatic heterocycles. The number of hydrogen-bond acceptors (Lipinski definition) is 7. The van der Waals surface area contributed by atoms with Crippen molar-refractivity contribution in [2.45, 2.75) is 13.8 Å². The third kappa shape index (κ3) is 3.69. The van der Waals surface area contributed by atoms with E-state index >= 15 is 0 Å². The lowest BCUT2D eigenvalue weighted by molar-refractivity contribution is 0.0601. The van der Waals surface area contributed by atoms with E-state index in [-0.39, 0.29) is 5.97 Å². The third-order valence-electron chi connectivity index (χ3n) is 3.17. The number of esters is 1. The van der Waals surface area contributed by atoms with Crippen molar-refractivity contribution in [3.63, 3.8) is 0 Å². The molecule has 0 fully saturated rings. The zero-order valence-corrected chi connectivity index (χ0v) is 12.9. The smallest absolute Gasteiger partial charge is 0.337 e. The van der Waals surface area contributed by atoms with Crippen molar-refractivity contribution in [2.75, 3.05) is 30.4 Å². The summed E-state index contributed by atoms with van der Waals surface area (Å²) in [5, 5.41) is 11.1. The Morgan fingerprint density at radius 3 is 2.50 bits per heavy atom. The molecule has 0 unspecified atom stereocenters. The van der Waals surface area contributed by atoms with E-state index in [2.05, 4.69) is 25.2 Å². The number of benzene rings is 1. The summed E-state index contributed by atoms with van der Waals surface area (Å²) in [6.45, 7) is 5.71. The lowest BCUT2D eigenvalue weighted by Gasteiger charge is -2.18. The minimum Gasteiger partial charge on any atom is -0.465 e. The summed E-state index contributed by atoms with van der Waals surface area (Å²) in [5.41, 5.74) is 1.30. The average Bonchev–Trinajstić information content (AvgIpc) is 2.56. The molecular formula is C15H19N5O2. The van der Waals surface area contributed by atoms with Crippen molar-refractivity contribution in [2.24, 2.45) is 0 Å². The summed E-state index contributed by atoms with van der Waals surface area (Å²) in [6.07, 6.45) is 1.56. The number of nitrogens with one attached hydrogen (secondary N) is 1. The molecule has 0 aliphatic carbocycles. The van der Waals surface area contributed by atoms with Crippen LogP contribution in [0.15, 0.2) is 30.5 Å². The van der Waals surface area contributed by atoms with Crippen molar-refractivity contribution < 1.29 is 9.53 Å². The van der Waals surface area contributed by atoms with Gasteiger partial charge < -0.3 is 15.0 Å². The SMILES string of the molecule is CCN(CC)c1nncc(Nc2ccc(C(=O)OC)cc2)n1. The van der Waals surface area contributed by atoms with E-state index in [1.54, 1.807) is 30.5 Å². The Morgan fingerprint density at radius 2 is 1.91 bits per heavy atom. The maximum atomic E-state index is 11.4. The number of methoxy groups -OCH3 is 1. The van der Waals surface area contributed by atoms with E-state index in [1.165, 1.54) is 7.11 Å². The van der Waals surface area contributed by atoms with Gasteiger partial charge >= 0.3 is 5.97 Å². The van der Waals surface area contributed by atoms with Crippen LogP contribution < -0.4 is 10.2 Å². The number of hydrogen-bond donors (Lipinski definition) is 1. The molecule has 1 aromatic carbocycles. The number of aromatic nitrogens is 3. The number of carbonyl (C=O) groups excluding carboxylic acids is 1. The summed E-state index contributed by atoms with van der Waals surface area (Å²) in [6, 6.07) is 6.94. The average molecular weight is 301 g/mol. The van der Waals surface area contributed by atoms with Gasteiger partial charge in [-0.1, -0.05) is 0 Å².